The Bertz CT molecular complexity index is 925. The number of Topliss-reactive ketones (excluding diaryl/α,β-unsaturated/α-hetero) is 1. The standard InChI is InChI=1S/C23H30N2O4/c1-8-17-10-12-18(13-11-17)22(27)25(9-2)16(5)21(26)19-14(3)20(23(28)29-7)24(6)15(19)4/h10-13,16H,8-9H2,1-7H3/t16-/m1/s1. The lowest BCUT2D eigenvalue weighted by atomic mass is 9.99. The summed E-state index contributed by atoms with van der Waals surface area (Å²) in [4.78, 5) is 40.1. The molecule has 0 N–H and O–H groups in total. The molecule has 156 valence electrons. The Morgan fingerprint density at radius 2 is 1.69 bits per heavy atom. The number of ether oxygens (including phenoxy) is 1. The van der Waals surface area contributed by atoms with E-state index in [9.17, 15) is 14.4 Å². The largest absolute Gasteiger partial charge is 0.464 e. The number of ketones is 1. The van der Waals surface area contributed by atoms with E-state index in [1.165, 1.54) is 7.11 Å². The summed E-state index contributed by atoms with van der Waals surface area (Å²) < 4.78 is 6.52. The molecule has 0 aliphatic rings. The van der Waals surface area contributed by atoms with Crippen LogP contribution in [0.3, 0.4) is 0 Å². The molecular weight excluding hydrogens is 368 g/mol. The smallest absolute Gasteiger partial charge is 0.354 e. The van der Waals surface area contributed by atoms with Crippen LogP contribution in [0, 0.1) is 13.8 Å². The van der Waals surface area contributed by atoms with Gasteiger partial charge in [-0.1, -0.05) is 19.1 Å². The van der Waals surface area contributed by atoms with Gasteiger partial charge in [-0.05, 0) is 57.4 Å². The number of methoxy groups -OCH3 is 1. The van der Waals surface area contributed by atoms with Gasteiger partial charge in [0.15, 0.2) is 5.78 Å². The predicted octanol–water partition coefficient (Wildman–Crippen LogP) is 3.72. The summed E-state index contributed by atoms with van der Waals surface area (Å²) in [6.07, 6.45) is 0.899. The van der Waals surface area contributed by atoms with Crippen LogP contribution in [-0.2, 0) is 18.2 Å². The Morgan fingerprint density at radius 3 is 2.17 bits per heavy atom. The van der Waals surface area contributed by atoms with Crippen molar-refractivity contribution in [3.63, 3.8) is 0 Å². The summed E-state index contributed by atoms with van der Waals surface area (Å²) in [7, 11) is 3.05. The SMILES string of the molecule is CCc1ccc(C(=O)N(CC)[C@H](C)C(=O)c2c(C)c(C(=O)OC)n(C)c2C)cc1. The van der Waals surface area contributed by atoms with Crippen LogP contribution in [0.25, 0.3) is 0 Å². The maximum atomic E-state index is 13.3. The van der Waals surface area contributed by atoms with Gasteiger partial charge in [0.2, 0.25) is 0 Å². The number of carbonyl (C=O) groups excluding carboxylic acids is 3. The van der Waals surface area contributed by atoms with Crippen LogP contribution in [-0.4, -0.2) is 46.8 Å². The fourth-order valence-electron chi connectivity index (χ4n) is 3.72. The molecule has 0 unspecified atom stereocenters. The number of aryl methyl sites for hydroxylation is 1. The van der Waals surface area contributed by atoms with E-state index in [1.54, 1.807) is 49.4 Å². The van der Waals surface area contributed by atoms with Gasteiger partial charge in [-0.25, -0.2) is 4.79 Å². The van der Waals surface area contributed by atoms with E-state index in [1.807, 2.05) is 19.1 Å². The van der Waals surface area contributed by atoms with Crippen molar-refractivity contribution in [3.8, 4) is 0 Å². The van der Waals surface area contributed by atoms with Crippen LogP contribution in [0.15, 0.2) is 24.3 Å². The Balaban J connectivity index is 2.39. The highest BCUT2D eigenvalue weighted by atomic mass is 16.5. The summed E-state index contributed by atoms with van der Waals surface area (Å²) in [6.45, 7) is 9.57. The summed E-state index contributed by atoms with van der Waals surface area (Å²) in [5.74, 6) is -0.860. The molecule has 0 saturated heterocycles. The van der Waals surface area contributed by atoms with Gasteiger partial charge in [0, 0.05) is 30.4 Å². The number of hydrogen-bond donors (Lipinski definition) is 0. The molecule has 0 fully saturated rings. The zero-order valence-electron chi connectivity index (χ0n) is 18.3. The van der Waals surface area contributed by atoms with Crippen molar-refractivity contribution in [2.45, 2.75) is 47.1 Å². The summed E-state index contributed by atoms with van der Waals surface area (Å²) in [6, 6.07) is 6.80. The van der Waals surface area contributed by atoms with Gasteiger partial charge in [-0.2, -0.15) is 0 Å². The highest BCUT2D eigenvalue weighted by Crippen LogP contribution is 2.25. The number of aromatic nitrogens is 1. The fourth-order valence-corrected chi connectivity index (χ4v) is 3.72. The summed E-state index contributed by atoms with van der Waals surface area (Å²) in [5, 5.41) is 0. The molecule has 2 rings (SSSR count). The Hall–Kier alpha value is -2.89. The van der Waals surface area contributed by atoms with Crippen molar-refractivity contribution in [3.05, 3.63) is 57.9 Å². The van der Waals surface area contributed by atoms with Crippen molar-refractivity contribution in [2.24, 2.45) is 7.05 Å². The van der Waals surface area contributed by atoms with E-state index in [2.05, 4.69) is 6.92 Å². The Labute approximate surface area is 172 Å². The number of carbonyl (C=O) groups is 3. The maximum Gasteiger partial charge on any atom is 0.354 e. The van der Waals surface area contributed by atoms with Crippen LogP contribution in [0.2, 0.25) is 0 Å². The minimum atomic E-state index is -0.663. The molecule has 0 bridgehead atoms. The molecule has 0 aliphatic carbocycles. The van der Waals surface area contributed by atoms with Crippen molar-refractivity contribution < 1.29 is 19.1 Å². The van der Waals surface area contributed by atoms with Crippen LogP contribution < -0.4 is 0 Å². The third kappa shape index (κ3) is 4.11. The van der Waals surface area contributed by atoms with Crippen molar-refractivity contribution in [2.75, 3.05) is 13.7 Å². The lowest BCUT2D eigenvalue weighted by Crippen LogP contribution is -2.43. The van der Waals surface area contributed by atoms with Gasteiger partial charge in [0.25, 0.3) is 5.91 Å². The van der Waals surface area contributed by atoms with Crippen LogP contribution in [0.4, 0.5) is 0 Å². The highest BCUT2D eigenvalue weighted by molar-refractivity contribution is 6.07. The molecule has 1 amide bonds. The van der Waals surface area contributed by atoms with E-state index in [0.29, 0.717) is 34.6 Å². The minimum absolute atomic E-state index is 0.185. The average molecular weight is 399 g/mol. The lowest BCUT2D eigenvalue weighted by molar-refractivity contribution is 0.0588. The number of nitrogens with zero attached hydrogens (tertiary/aromatic N) is 2. The van der Waals surface area contributed by atoms with Crippen LogP contribution in [0.1, 0.15) is 68.8 Å². The first kappa shape index (κ1) is 22.4. The number of esters is 1. The van der Waals surface area contributed by atoms with Gasteiger partial charge in [-0.3, -0.25) is 9.59 Å². The number of rotatable bonds is 7. The minimum Gasteiger partial charge on any atom is -0.464 e. The number of likely N-dealkylation sites (N-methyl/N-ethyl adjacent to an activating group) is 1. The van der Waals surface area contributed by atoms with Gasteiger partial charge in [0.05, 0.1) is 13.2 Å². The Kier molecular flexibility index (Phi) is 7.01. The Morgan fingerprint density at radius 1 is 1.10 bits per heavy atom. The second-order valence-corrected chi connectivity index (χ2v) is 7.17. The molecule has 1 heterocycles. The fraction of sp³-hybridized carbons (Fsp3) is 0.435. The second-order valence-electron chi connectivity index (χ2n) is 7.17. The zero-order chi connectivity index (χ0) is 21.9. The first-order valence-electron chi connectivity index (χ1n) is 9.87. The molecule has 6 nitrogen and oxygen atoms in total. The van der Waals surface area contributed by atoms with E-state index in [4.69, 9.17) is 4.74 Å². The predicted molar refractivity (Wildman–Crippen MR) is 113 cm³/mol. The number of amides is 1. The molecule has 1 atom stereocenters. The van der Waals surface area contributed by atoms with E-state index >= 15 is 0 Å². The van der Waals surface area contributed by atoms with E-state index < -0.39 is 12.0 Å². The maximum absolute atomic E-state index is 13.3. The first-order valence-corrected chi connectivity index (χ1v) is 9.87. The van der Waals surface area contributed by atoms with Gasteiger partial charge in [-0.15, -0.1) is 0 Å². The highest BCUT2D eigenvalue weighted by Gasteiger charge is 2.32. The molecule has 6 heteroatoms. The van der Waals surface area contributed by atoms with Crippen molar-refractivity contribution >= 4 is 17.7 Å². The topological polar surface area (TPSA) is 68.6 Å². The zero-order valence-corrected chi connectivity index (χ0v) is 18.3. The van der Waals surface area contributed by atoms with Gasteiger partial charge < -0.3 is 14.2 Å². The molecule has 2 aromatic rings. The molecule has 29 heavy (non-hydrogen) atoms. The van der Waals surface area contributed by atoms with Crippen molar-refractivity contribution in [1.29, 1.82) is 0 Å². The summed E-state index contributed by atoms with van der Waals surface area (Å²) in [5.41, 5.74) is 3.78. The quantitative estimate of drug-likeness (QED) is 0.526. The first-order chi connectivity index (χ1) is 13.7. The molecule has 1 aromatic heterocycles. The van der Waals surface area contributed by atoms with Crippen LogP contribution in [0.5, 0.6) is 0 Å². The van der Waals surface area contributed by atoms with Gasteiger partial charge in [0.1, 0.15) is 5.69 Å². The molecule has 0 radical (unpaired) electrons. The van der Waals surface area contributed by atoms with E-state index in [-0.39, 0.29) is 11.7 Å². The number of benzene rings is 1. The molecular formula is C23H30N2O4. The van der Waals surface area contributed by atoms with Gasteiger partial charge >= 0.3 is 5.97 Å². The third-order valence-electron chi connectivity index (χ3n) is 5.61. The normalized spacial score (nSPS) is 11.8. The molecule has 1 aromatic carbocycles. The van der Waals surface area contributed by atoms with Crippen molar-refractivity contribution in [1.82, 2.24) is 9.47 Å². The lowest BCUT2D eigenvalue weighted by Gasteiger charge is -2.27. The molecule has 0 spiro atoms. The average Bonchev–Trinajstić information content (AvgIpc) is 2.95. The third-order valence-corrected chi connectivity index (χ3v) is 5.61. The molecule has 0 aliphatic heterocycles. The monoisotopic (exact) mass is 398 g/mol. The van der Waals surface area contributed by atoms with E-state index in [0.717, 1.165) is 12.0 Å². The van der Waals surface area contributed by atoms with Crippen LogP contribution >= 0.6 is 0 Å². The number of hydrogen-bond acceptors (Lipinski definition) is 4. The second kappa shape index (κ2) is 9.07. The molecule has 0 saturated carbocycles. The summed E-state index contributed by atoms with van der Waals surface area (Å²) >= 11 is 0.